The van der Waals surface area contributed by atoms with Gasteiger partial charge in [0.2, 0.25) is 0 Å². The number of ketones is 1. The molecule has 0 atom stereocenters. The van der Waals surface area contributed by atoms with E-state index < -0.39 is 4.92 Å². The van der Waals surface area contributed by atoms with E-state index in [2.05, 4.69) is 0 Å². The van der Waals surface area contributed by atoms with Crippen LogP contribution in [0.15, 0.2) is 18.2 Å². The van der Waals surface area contributed by atoms with Gasteiger partial charge in [-0.15, -0.1) is 0 Å². The van der Waals surface area contributed by atoms with Crippen molar-refractivity contribution in [2.45, 2.75) is 6.92 Å². The van der Waals surface area contributed by atoms with Gasteiger partial charge in [-0.25, -0.2) is 0 Å². The summed E-state index contributed by atoms with van der Waals surface area (Å²) < 4.78 is 4.79. The van der Waals surface area contributed by atoms with E-state index in [0.29, 0.717) is 5.56 Å². The maximum atomic E-state index is 11.0. The van der Waals surface area contributed by atoms with Crippen molar-refractivity contribution in [3.05, 3.63) is 33.9 Å². The molecule has 0 aromatic heterocycles. The minimum atomic E-state index is -0.578. The Hall–Kier alpha value is -1.91. The highest BCUT2D eigenvalue weighted by molar-refractivity contribution is 5.95. The molecule has 0 amide bonds. The molecule has 0 fully saturated rings. The third-order valence-electron chi connectivity index (χ3n) is 1.78. The zero-order valence-corrected chi connectivity index (χ0v) is 7.81. The zero-order valence-electron chi connectivity index (χ0n) is 7.81. The number of benzene rings is 1. The maximum absolute atomic E-state index is 11.0. The molecular weight excluding hydrogens is 186 g/mol. The molecule has 1 aromatic carbocycles. The van der Waals surface area contributed by atoms with Gasteiger partial charge in [-0.1, -0.05) is 0 Å². The summed E-state index contributed by atoms with van der Waals surface area (Å²) in [4.78, 5) is 20.9. The van der Waals surface area contributed by atoms with Crippen molar-refractivity contribution in [1.82, 2.24) is 0 Å². The predicted octanol–water partition coefficient (Wildman–Crippen LogP) is 1.81. The number of Topliss-reactive ketones (excluding diaryl/α,β-unsaturated/α-hetero) is 1. The van der Waals surface area contributed by atoms with Crippen LogP contribution in [0.4, 0.5) is 5.69 Å². The molecule has 74 valence electrons. The van der Waals surface area contributed by atoms with Gasteiger partial charge in [-0.3, -0.25) is 14.9 Å². The second-order valence-corrected chi connectivity index (χ2v) is 2.70. The van der Waals surface area contributed by atoms with E-state index in [0.717, 1.165) is 0 Å². The Balaban J connectivity index is 3.27. The number of carbonyl (C=O) groups is 1. The SMILES string of the molecule is COc1ccc(C(C)=O)cc1[N+](=O)[O-]. The van der Waals surface area contributed by atoms with Crippen molar-refractivity contribution in [3.8, 4) is 5.75 Å². The van der Waals surface area contributed by atoms with Crippen molar-refractivity contribution in [3.63, 3.8) is 0 Å². The number of carbonyl (C=O) groups excluding carboxylic acids is 1. The number of nitro benzene ring substituents is 1. The van der Waals surface area contributed by atoms with Gasteiger partial charge < -0.3 is 4.74 Å². The first-order valence-corrected chi connectivity index (χ1v) is 3.89. The van der Waals surface area contributed by atoms with E-state index in [4.69, 9.17) is 4.74 Å². The molecule has 1 rings (SSSR count). The molecule has 14 heavy (non-hydrogen) atoms. The first kappa shape index (κ1) is 10.2. The lowest BCUT2D eigenvalue weighted by Gasteiger charge is -2.02. The Labute approximate surface area is 80.5 Å². The molecule has 5 nitrogen and oxygen atoms in total. The van der Waals surface area contributed by atoms with Crippen LogP contribution < -0.4 is 4.74 Å². The van der Waals surface area contributed by atoms with Crippen molar-refractivity contribution < 1.29 is 14.5 Å². The average Bonchev–Trinajstić information content (AvgIpc) is 2.16. The van der Waals surface area contributed by atoms with Crippen molar-refractivity contribution in [1.29, 1.82) is 0 Å². The summed E-state index contributed by atoms with van der Waals surface area (Å²) >= 11 is 0. The van der Waals surface area contributed by atoms with E-state index in [1.165, 1.54) is 32.2 Å². The van der Waals surface area contributed by atoms with Crippen LogP contribution in [0, 0.1) is 10.1 Å². The number of ether oxygens (including phenoxy) is 1. The van der Waals surface area contributed by atoms with Gasteiger partial charge in [0, 0.05) is 11.6 Å². The third kappa shape index (κ3) is 1.87. The van der Waals surface area contributed by atoms with Gasteiger partial charge in [-0.05, 0) is 19.1 Å². The van der Waals surface area contributed by atoms with Crippen LogP contribution >= 0.6 is 0 Å². The molecule has 0 aliphatic rings. The monoisotopic (exact) mass is 195 g/mol. The van der Waals surface area contributed by atoms with Crippen LogP contribution in [0.25, 0.3) is 0 Å². The van der Waals surface area contributed by atoms with E-state index in [9.17, 15) is 14.9 Å². The summed E-state index contributed by atoms with van der Waals surface area (Å²) in [5.41, 5.74) is 0.109. The molecule has 0 N–H and O–H groups in total. The summed E-state index contributed by atoms with van der Waals surface area (Å²) in [6.07, 6.45) is 0. The van der Waals surface area contributed by atoms with E-state index in [1.54, 1.807) is 0 Å². The third-order valence-corrected chi connectivity index (χ3v) is 1.78. The minimum Gasteiger partial charge on any atom is -0.490 e. The second-order valence-electron chi connectivity index (χ2n) is 2.70. The highest BCUT2D eigenvalue weighted by atomic mass is 16.6. The standard InChI is InChI=1S/C9H9NO4/c1-6(11)7-3-4-9(14-2)8(5-7)10(12)13/h3-5H,1-2H3. The van der Waals surface area contributed by atoms with E-state index >= 15 is 0 Å². The molecule has 0 aliphatic heterocycles. The van der Waals surface area contributed by atoms with Crippen molar-refractivity contribution in [2.75, 3.05) is 7.11 Å². The Morgan fingerprint density at radius 1 is 1.50 bits per heavy atom. The molecule has 0 saturated heterocycles. The number of methoxy groups -OCH3 is 1. The van der Waals surface area contributed by atoms with Crippen LogP contribution in [0.5, 0.6) is 5.75 Å². The zero-order chi connectivity index (χ0) is 10.7. The first-order valence-electron chi connectivity index (χ1n) is 3.89. The lowest BCUT2D eigenvalue weighted by molar-refractivity contribution is -0.385. The van der Waals surface area contributed by atoms with Gasteiger partial charge in [0.25, 0.3) is 0 Å². The lowest BCUT2D eigenvalue weighted by Crippen LogP contribution is -1.97. The van der Waals surface area contributed by atoms with Crippen LogP contribution in [-0.2, 0) is 0 Å². The Kier molecular flexibility index (Phi) is 2.81. The summed E-state index contributed by atoms with van der Waals surface area (Å²) in [5, 5.41) is 10.6. The van der Waals surface area contributed by atoms with Gasteiger partial charge in [0.05, 0.1) is 12.0 Å². The Morgan fingerprint density at radius 2 is 2.14 bits per heavy atom. The molecule has 0 spiro atoms. The predicted molar refractivity (Wildman–Crippen MR) is 49.7 cm³/mol. The minimum absolute atomic E-state index is 0.153. The molecule has 5 heteroatoms. The fraction of sp³-hybridized carbons (Fsp3) is 0.222. The van der Waals surface area contributed by atoms with Crippen LogP contribution in [0.2, 0.25) is 0 Å². The van der Waals surface area contributed by atoms with E-state index in [1.807, 2.05) is 0 Å². The summed E-state index contributed by atoms with van der Waals surface area (Å²) in [6, 6.07) is 4.12. The summed E-state index contributed by atoms with van der Waals surface area (Å²) in [6.45, 7) is 1.35. The largest absolute Gasteiger partial charge is 0.490 e. The second kappa shape index (κ2) is 3.87. The van der Waals surface area contributed by atoms with Crippen LogP contribution in [-0.4, -0.2) is 17.8 Å². The van der Waals surface area contributed by atoms with Crippen molar-refractivity contribution in [2.24, 2.45) is 0 Å². The molecule has 1 aromatic rings. The smallest absolute Gasteiger partial charge is 0.311 e. The molecular formula is C9H9NO4. The van der Waals surface area contributed by atoms with E-state index in [-0.39, 0.29) is 17.2 Å². The molecule has 0 heterocycles. The van der Waals surface area contributed by atoms with Crippen LogP contribution in [0.3, 0.4) is 0 Å². The number of nitro groups is 1. The number of nitrogens with zero attached hydrogens (tertiary/aromatic N) is 1. The summed E-state index contributed by atoms with van der Waals surface area (Å²) in [5.74, 6) is -0.0595. The van der Waals surface area contributed by atoms with Gasteiger partial charge >= 0.3 is 5.69 Å². The normalized spacial score (nSPS) is 9.57. The van der Waals surface area contributed by atoms with Gasteiger partial charge in [0.1, 0.15) is 0 Å². The Bertz CT molecular complexity index is 386. The summed E-state index contributed by atoms with van der Waals surface area (Å²) in [7, 11) is 1.34. The lowest BCUT2D eigenvalue weighted by atomic mass is 10.1. The number of hydrogen-bond acceptors (Lipinski definition) is 4. The van der Waals surface area contributed by atoms with Gasteiger partial charge in [0.15, 0.2) is 11.5 Å². The fourth-order valence-corrected chi connectivity index (χ4v) is 1.05. The van der Waals surface area contributed by atoms with Gasteiger partial charge in [-0.2, -0.15) is 0 Å². The first-order chi connectivity index (χ1) is 6.56. The van der Waals surface area contributed by atoms with Crippen LogP contribution in [0.1, 0.15) is 17.3 Å². The highest BCUT2D eigenvalue weighted by Crippen LogP contribution is 2.27. The number of rotatable bonds is 3. The molecule has 0 bridgehead atoms. The number of hydrogen-bond donors (Lipinski definition) is 0. The Morgan fingerprint density at radius 3 is 2.57 bits per heavy atom. The molecule has 0 saturated carbocycles. The average molecular weight is 195 g/mol. The molecule has 0 aliphatic carbocycles. The quantitative estimate of drug-likeness (QED) is 0.419. The molecule has 0 unspecified atom stereocenters. The molecule has 0 radical (unpaired) electrons. The van der Waals surface area contributed by atoms with Crippen molar-refractivity contribution >= 4 is 11.5 Å². The highest BCUT2D eigenvalue weighted by Gasteiger charge is 2.16. The maximum Gasteiger partial charge on any atom is 0.311 e. The fourth-order valence-electron chi connectivity index (χ4n) is 1.05. The topological polar surface area (TPSA) is 69.4 Å².